The predicted molar refractivity (Wildman–Crippen MR) is 118 cm³/mol. The maximum absolute atomic E-state index is 4.52. The molecule has 0 radical (unpaired) electrons. The lowest BCUT2D eigenvalue weighted by Gasteiger charge is -2.27. The number of likely N-dealkylation sites (N-methyl/N-ethyl adjacent to an activating group) is 1. The summed E-state index contributed by atoms with van der Waals surface area (Å²) in [5.74, 6) is 0.825. The van der Waals surface area contributed by atoms with E-state index in [1.807, 2.05) is 18.8 Å². The van der Waals surface area contributed by atoms with Gasteiger partial charge in [-0.05, 0) is 59.3 Å². The summed E-state index contributed by atoms with van der Waals surface area (Å²) in [5, 5.41) is 11.5. The lowest BCUT2D eigenvalue weighted by atomic mass is 10.0. The number of nitrogens with zero attached hydrogens (tertiary/aromatic N) is 4. The van der Waals surface area contributed by atoms with E-state index in [1.54, 1.807) is 0 Å². The summed E-state index contributed by atoms with van der Waals surface area (Å²) in [6.07, 6.45) is 0.918. The summed E-state index contributed by atoms with van der Waals surface area (Å²) in [7, 11) is 8.04. The summed E-state index contributed by atoms with van der Waals surface area (Å²) in [6.45, 7) is 9.28. The van der Waals surface area contributed by atoms with Crippen molar-refractivity contribution in [2.24, 2.45) is 12.0 Å². The first-order chi connectivity index (χ1) is 13.2. The molecule has 2 N–H and O–H groups in total. The third-order valence-corrected chi connectivity index (χ3v) is 5.32. The van der Waals surface area contributed by atoms with Crippen LogP contribution in [0, 0.1) is 20.8 Å². The monoisotopic (exact) mass is 384 g/mol. The lowest BCUT2D eigenvalue weighted by Crippen LogP contribution is -2.45. The van der Waals surface area contributed by atoms with Gasteiger partial charge in [-0.25, -0.2) is 0 Å². The van der Waals surface area contributed by atoms with Crippen molar-refractivity contribution in [3.8, 4) is 0 Å². The molecule has 1 aromatic carbocycles. The summed E-state index contributed by atoms with van der Waals surface area (Å²) < 4.78 is 1.95. The van der Waals surface area contributed by atoms with Crippen LogP contribution in [0.2, 0.25) is 0 Å². The highest BCUT2D eigenvalue weighted by Crippen LogP contribution is 2.18. The molecule has 6 nitrogen and oxygen atoms in total. The van der Waals surface area contributed by atoms with Crippen molar-refractivity contribution in [1.29, 1.82) is 0 Å². The van der Waals surface area contributed by atoms with Crippen LogP contribution in [0.4, 0.5) is 0 Å². The Labute approximate surface area is 170 Å². The number of guanidine groups is 1. The molecule has 2 atom stereocenters. The van der Waals surface area contributed by atoms with Crippen LogP contribution >= 0.6 is 0 Å². The first-order valence-corrected chi connectivity index (χ1v) is 9.92. The molecule has 0 fully saturated rings. The van der Waals surface area contributed by atoms with Crippen molar-refractivity contribution >= 4 is 5.96 Å². The van der Waals surface area contributed by atoms with Gasteiger partial charge in [0.15, 0.2) is 5.96 Å². The van der Waals surface area contributed by atoms with E-state index in [-0.39, 0.29) is 12.1 Å². The molecule has 0 spiro atoms. The second-order valence-electron chi connectivity index (χ2n) is 7.87. The largest absolute Gasteiger partial charge is 0.354 e. The Balaban J connectivity index is 1.98. The minimum absolute atomic E-state index is 0.255. The second-order valence-corrected chi connectivity index (χ2v) is 7.87. The van der Waals surface area contributed by atoms with Gasteiger partial charge in [0.25, 0.3) is 0 Å². The molecule has 6 heteroatoms. The van der Waals surface area contributed by atoms with E-state index in [1.165, 1.54) is 22.4 Å². The first kappa shape index (κ1) is 22.0. The van der Waals surface area contributed by atoms with Gasteiger partial charge in [0.2, 0.25) is 0 Å². The molecule has 2 aromatic rings. The predicted octanol–water partition coefficient (Wildman–Crippen LogP) is 2.74. The van der Waals surface area contributed by atoms with Crippen molar-refractivity contribution in [2.45, 2.75) is 46.2 Å². The molecular weight excluding hydrogens is 348 g/mol. The van der Waals surface area contributed by atoms with Gasteiger partial charge < -0.3 is 15.5 Å². The molecule has 0 aliphatic rings. The van der Waals surface area contributed by atoms with E-state index in [0.29, 0.717) is 0 Å². The molecule has 0 saturated heterocycles. The lowest BCUT2D eigenvalue weighted by molar-refractivity contribution is 0.298. The first-order valence-electron chi connectivity index (χ1n) is 9.92. The molecule has 1 heterocycles. The van der Waals surface area contributed by atoms with Crippen molar-refractivity contribution in [3.63, 3.8) is 0 Å². The van der Waals surface area contributed by atoms with Gasteiger partial charge in [-0.2, -0.15) is 5.10 Å². The Kier molecular flexibility index (Phi) is 7.63. The fourth-order valence-corrected chi connectivity index (χ4v) is 3.48. The van der Waals surface area contributed by atoms with E-state index < -0.39 is 0 Å². The van der Waals surface area contributed by atoms with Crippen LogP contribution < -0.4 is 10.6 Å². The highest BCUT2D eigenvalue weighted by Gasteiger charge is 2.17. The molecule has 154 valence electrons. The van der Waals surface area contributed by atoms with E-state index >= 15 is 0 Å². The van der Waals surface area contributed by atoms with E-state index in [2.05, 4.69) is 91.7 Å². The maximum Gasteiger partial charge on any atom is 0.191 e. The average molecular weight is 385 g/mol. The smallest absolute Gasteiger partial charge is 0.191 e. The number of aromatic nitrogens is 2. The number of aryl methyl sites for hydroxylation is 3. The molecule has 2 unspecified atom stereocenters. The average Bonchev–Trinajstić information content (AvgIpc) is 2.88. The molecule has 2 rings (SSSR count). The highest BCUT2D eigenvalue weighted by atomic mass is 15.3. The SMILES string of the molecule is CN=C(NCC(c1ccc(C)cc1)N(C)C)NC(C)Cc1c(C)nn(C)c1C. The summed E-state index contributed by atoms with van der Waals surface area (Å²) in [6, 6.07) is 9.27. The number of hydrogen-bond acceptors (Lipinski definition) is 3. The second kappa shape index (κ2) is 9.73. The van der Waals surface area contributed by atoms with Gasteiger partial charge in [-0.15, -0.1) is 0 Å². The maximum atomic E-state index is 4.52. The Bertz CT molecular complexity index is 788. The van der Waals surface area contributed by atoms with Gasteiger partial charge in [-0.1, -0.05) is 29.8 Å². The molecular formula is C22H36N6. The number of hydrogen-bond donors (Lipinski definition) is 2. The molecule has 0 bridgehead atoms. The third-order valence-electron chi connectivity index (χ3n) is 5.32. The molecule has 0 aliphatic carbocycles. The zero-order valence-corrected chi connectivity index (χ0v) is 18.7. The minimum atomic E-state index is 0.255. The number of aliphatic imine (C=N–C) groups is 1. The van der Waals surface area contributed by atoms with Crippen LogP contribution in [0.25, 0.3) is 0 Å². The number of nitrogens with one attached hydrogen (secondary N) is 2. The van der Waals surface area contributed by atoms with E-state index in [9.17, 15) is 0 Å². The third kappa shape index (κ3) is 5.58. The van der Waals surface area contributed by atoms with Gasteiger partial charge >= 0.3 is 0 Å². The van der Waals surface area contributed by atoms with Crippen molar-refractivity contribution in [2.75, 3.05) is 27.7 Å². The zero-order chi connectivity index (χ0) is 20.8. The summed E-state index contributed by atoms with van der Waals surface area (Å²) in [5.41, 5.74) is 6.21. The fraction of sp³-hybridized carbons (Fsp3) is 0.545. The highest BCUT2D eigenvalue weighted by molar-refractivity contribution is 5.80. The molecule has 1 aromatic heterocycles. The normalized spacial score (nSPS) is 14.2. The Hall–Kier alpha value is -2.34. The van der Waals surface area contributed by atoms with Gasteiger partial charge in [0.1, 0.15) is 0 Å². The van der Waals surface area contributed by atoms with Crippen LogP contribution in [-0.2, 0) is 13.5 Å². The fourth-order valence-electron chi connectivity index (χ4n) is 3.48. The van der Waals surface area contributed by atoms with Crippen molar-refractivity contribution < 1.29 is 0 Å². The Morgan fingerprint density at radius 2 is 1.82 bits per heavy atom. The molecule has 0 saturated carbocycles. The Morgan fingerprint density at radius 1 is 1.18 bits per heavy atom. The van der Waals surface area contributed by atoms with Crippen LogP contribution in [-0.4, -0.2) is 54.4 Å². The van der Waals surface area contributed by atoms with Crippen LogP contribution in [0.1, 0.15) is 41.0 Å². The van der Waals surface area contributed by atoms with E-state index in [4.69, 9.17) is 0 Å². The van der Waals surface area contributed by atoms with Crippen LogP contribution in [0.15, 0.2) is 29.3 Å². The molecule has 0 aliphatic heterocycles. The van der Waals surface area contributed by atoms with Gasteiger partial charge in [0, 0.05) is 32.4 Å². The van der Waals surface area contributed by atoms with Crippen LogP contribution in [0.5, 0.6) is 0 Å². The Morgan fingerprint density at radius 3 is 2.32 bits per heavy atom. The molecule has 28 heavy (non-hydrogen) atoms. The minimum Gasteiger partial charge on any atom is -0.354 e. The standard InChI is InChI=1S/C22H36N6/c1-15-9-11-19(12-10-15)21(27(6)7)14-24-22(23-5)25-16(2)13-20-17(3)26-28(8)18(20)4/h9-12,16,21H,13-14H2,1-8H3,(H2,23,24,25). The quantitative estimate of drug-likeness (QED) is 0.569. The number of benzene rings is 1. The van der Waals surface area contributed by atoms with Crippen molar-refractivity contribution in [1.82, 2.24) is 25.3 Å². The zero-order valence-electron chi connectivity index (χ0n) is 18.7. The van der Waals surface area contributed by atoms with Gasteiger partial charge in [-0.3, -0.25) is 9.67 Å². The number of rotatable bonds is 7. The van der Waals surface area contributed by atoms with Crippen LogP contribution in [0.3, 0.4) is 0 Å². The topological polar surface area (TPSA) is 57.5 Å². The van der Waals surface area contributed by atoms with Crippen molar-refractivity contribution in [3.05, 3.63) is 52.3 Å². The summed E-state index contributed by atoms with van der Waals surface area (Å²) in [4.78, 5) is 6.65. The van der Waals surface area contributed by atoms with Gasteiger partial charge in [0.05, 0.1) is 11.7 Å². The molecule has 0 amide bonds. The van der Waals surface area contributed by atoms with E-state index in [0.717, 1.165) is 24.6 Å². The summed E-state index contributed by atoms with van der Waals surface area (Å²) >= 11 is 0.